The minimum Gasteiger partial charge on any atom is -0.396 e. The Labute approximate surface area is 118 Å². The van der Waals surface area contributed by atoms with Gasteiger partial charge >= 0.3 is 0 Å². The molecular formula is C15H18ClN3. The summed E-state index contributed by atoms with van der Waals surface area (Å²) >= 11 is 5.74. The fraction of sp³-hybridized carbons (Fsp3) is 0.267. The average molecular weight is 276 g/mol. The zero-order valence-corrected chi connectivity index (χ0v) is 12.0. The summed E-state index contributed by atoms with van der Waals surface area (Å²) in [5, 5.41) is 0. The number of benzene rings is 1. The molecule has 2 aromatic rings. The van der Waals surface area contributed by atoms with Gasteiger partial charge in [-0.3, -0.25) is 0 Å². The van der Waals surface area contributed by atoms with E-state index in [1.54, 1.807) is 0 Å². The van der Waals surface area contributed by atoms with E-state index in [1.807, 2.05) is 13.8 Å². The van der Waals surface area contributed by atoms with E-state index in [0.717, 1.165) is 28.8 Å². The molecule has 0 aliphatic rings. The molecule has 0 fully saturated rings. The van der Waals surface area contributed by atoms with Gasteiger partial charge in [0.2, 0.25) is 0 Å². The molecule has 0 saturated carbocycles. The number of rotatable bonds is 3. The lowest BCUT2D eigenvalue weighted by Crippen LogP contribution is -2.04. The van der Waals surface area contributed by atoms with Crippen molar-refractivity contribution >= 4 is 23.1 Å². The lowest BCUT2D eigenvalue weighted by atomic mass is 9.97. The van der Waals surface area contributed by atoms with Crippen LogP contribution in [0.25, 0.3) is 11.1 Å². The highest BCUT2D eigenvalue weighted by molar-refractivity contribution is 6.17. The van der Waals surface area contributed by atoms with Crippen molar-refractivity contribution in [2.45, 2.75) is 20.3 Å². The summed E-state index contributed by atoms with van der Waals surface area (Å²) in [6.45, 7) is 3.92. The Balaban J connectivity index is 2.50. The van der Waals surface area contributed by atoms with Gasteiger partial charge in [-0.2, -0.15) is 0 Å². The maximum absolute atomic E-state index is 5.96. The van der Waals surface area contributed by atoms with Crippen molar-refractivity contribution in [3.8, 4) is 11.1 Å². The molecule has 4 heteroatoms. The predicted octanol–water partition coefficient (Wildman–Crippen LogP) is 3.31. The van der Waals surface area contributed by atoms with Crippen molar-refractivity contribution < 1.29 is 0 Å². The van der Waals surface area contributed by atoms with Crippen LogP contribution in [0.15, 0.2) is 24.3 Å². The van der Waals surface area contributed by atoms with Gasteiger partial charge in [0.1, 0.15) is 5.82 Å². The van der Waals surface area contributed by atoms with Crippen LogP contribution in [0, 0.1) is 13.8 Å². The fourth-order valence-corrected chi connectivity index (χ4v) is 2.49. The second kappa shape index (κ2) is 5.49. The molecule has 0 radical (unpaired) electrons. The van der Waals surface area contributed by atoms with Gasteiger partial charge in [-0.05, 0) is 37.0 Å². The molecule has 2 rings (SSSR count). The van der Waals surface area contributed by atoms with E-state index in [0.29, 0.717) is 17.4 Å². The molecule has 0 amide bonds. The van der Waals surface area contributed by atoms with Crippen LogP contribution in [0.2, 0.25) is 0 Å². The summed E-state index contributed by atoms with van der Waals surface area (Å²) in [4.78, 5) is 4.30. The van der Waals surface area contributed by atoms with Crippen LogP contribution >= 0.6 is 11.6 Å². The van der Waals surface area contributed by atoms with E-state index >= 15 is 0 Å². The number of nitrogen functional groups attached to an aromatic ring is 2. The van der Waals surface area contributed by atoms with Gasteiger partial charge in [0.25, 0.3) is 0 Å². The smallest absolute Gasteiger partial charge is 0.147 e. The van der Waals surface area contributed by atoms with Crippen molar-refractivity contribution in [2.75, 3.05) is 17.3 Å². The highest BCUT2D eigenvalue weighted by atomic mass is 35.5. The number of anilines is 2. The van der Waals surface area contributed by atoms with Crippen LogP contribution in [0.4, 0.5) is 11.5 Å². The van der Waals surface area contributed by atoms with E-state index in [-0.39, 0.29) is 0 Å². The number of hydrogen-bond acceptors (Lipinski definition) is 3. The Morgan fingerprint density at radius 1 is 1.11 bits per heavy atom. The van der Waals surface area contributed by atoms with Crippen LogP contribution in [-0.2, 0) is 6.42 Å². The van der Waals surface area contributed by atoms with Gasteiger partial charge in [-0.25, -0.2) is 4.98 Å². The number of nitrogens with zero attached hydrogens (tertiary/aromatic N) is 1. The minimum absolute atomic E-state index is 0.400. The van der Waals surface area contributed by atoms with Gasteiger partial charge in [-0.1, -0.05) is 24.3 Å². The molecule has 4 N–H and O–H groups in total. The third kappa shape index (κ3) is 2.66. The zero-order chi connectivity index (χ0) is 14.0. The number of alkyl halides is 1. The highest BCUT2D eigenvalue weighted by Crippen LogP contribution is 2.32. The molecule has 0 spiro atoms. The first kappa shape index (κ1) is 13.7. The Kier molecular flexibility index (Phi) is 3.96. The second-order valence-electron chi connectivity index (χ2n) is 4.63. The van der Waals surface area contributed by atoms with Crippen LogP contribution in [0.3, 0.4) is 0 Å². The van der Waals surface area contributed by atoms with E-state index in [1.165, 1.54) is 5.56 Å². The summed E-state index contributed by atoms with van der Waals surface area (Å²) in [6.07, 6.45) is 0.877. The number of nitrogens with two attached hydrogens (primary N) is 2. The van der Waals surface area contributed by atoms with Crippen LogP contribution < -0.4 is 11.5 Å². The SMILES string of the molecule is Cc1nc(N)c(N)c(C)c1-c1ccc(CCCl)cc1. The molecule has 0 bridgehead atoms. The van der Waals surface area contributed by atoms with Gasteiger partial charge < -0.3 is 11.5 Å². The van der Waals surface area contributed by atoms with Crippen molar-refractivity contribution in [1.29, 1.82) is 0 Å². The topological polar surface area (TPSA) is 64.9 Å². The standard InChI is InChI=1S/C15H18ClN3/c1-9-13(10(2)19-15(18)14(9)17)12-5-3-11(4-6-12)7-8-16/h3-6H,7-8,17H2,1-2H3,(H2,18,19). The number of aromatic nitrogens is 1. The quantitative estimate of drug-likeness (QED) is 0.845. The molecule has 100 valence electrons. The first-order valence-electron chi connectivity index (χ1n) is 6.22. The minimum atomic E-state index is 0.400. The van der Waals surface area contributed by atoms with Crippen molar-refractivity contribution in [3.05, 3.63) is 41.1 Å². The second-order valence-corrected chi connectivity index (χ2v) is 5.01. The molecule has 19 heavy (non-hydrogen) atoms. The zero-order valence-electron chi connectivity index (χ0n) is 11.2. The summed E-state index contributed by atoms with van der Waals surface area (Å²) in [5.74, 6) is 1.03. The van der Waals surface area contributed by atoms with Crippen LogP contribution in [0.5, 0.6) is 0 Å². The van der Waals surface area contributed by atoms with Gasteiger partial charge in [-0.15, -0.1) is 11.6 Å². The molecule has 0 unspecified atom stereocenters. The summed E-state index contributed by atoms with van der Waals surface area (Å²) < 4.78 is 0. The van der Waals surface area contributed by atoms with Crippen molar-refractivity contribution in [2.24, 2.45) is 0 Å². The normalized spacial score (nSPS) is 10.7. The van der Waals surface area contributed by atoms with Crippen molar-refractivity contribution in [1.82, 2.24) is 4.98 Å². The van der Waals surface area contributed by atoms with Crippen LogP contribution in [0.1, 0.15) is 16.8 Å². The Morgan fingerprint density at radius 2 is 1.74 bits per heavy atom. The number of hydrogen-bond donors (Lipinski definition) is 2. The summed E-state index contributed by atoms with van der Waals surface area (Å²) in [7, 11) is 0. The maximum Gasteiger partial charge on any atom is 0.147 e. The predicted molar refractivity (Wildman–Crippen MR) is 82.4 cm³/mol. The number of halogens is 1. The number of pyridine rings is 1. The fourth-order valence-electron chi connectivity index (χ4n) is 2.27. The number of aryl methyl sites for hydroxylation is 2. The molecular weight excluding hydrogens is 258 g/mol. The highest BCUT2D eigenvalue weighted by Gasteiger charge is 2.12. The first-order chi connectivity index (χ1) is 9.04. The molecule has 0 aliphatic carbocycles. The molecule has 3 nitrogen and oxygen atoms in total. The average Bonchev–Trinajstić information content (AvgIpc) is 2.38. The van der Waals surface area contributed by atoms with E-state index in [9.17, 15) is 0 Å². The Hall–Kier alpha value is -1.74. The van der Waals surface area contributed by atoms with Gasteiger partial charge in [0, 0.05) is 17.1 Å². The molecule has 0 aliphatic heterocycles. The van der Waals surface area contributed by atoms with E-state index in [4.69, 9.17) is 23.1 Å². The molecule has 1 heterocycles. The summed E-state index contributed by atoms with van der Waals surface area (Å²) in [5.41, 5.74) is 17.6. The van der Waals surface area contributed by atoms with E-state index in [2.05, 4.69) is 29.2 Å². The largest absolute Gasteiger partial charge is 0.396 e. The Bertz CT molecular complexity index is 591. The van der Waals surface area contributed by atoms with E-state index < -0.39 is 0 Å². The summed E-state index contributed by atoms with van der Waals surface area (Å²) in [6, 6.07) is 8.33. The monoisotopic (exact) mass is 275 g/mol. The third-order valence-corrected chi connectivity index (χ3v) is 3.52. The Morgan fingerprint density at radius 3 is 2.32 bits per heavy atom. The van der Waals surface area contributed by atoms with Gasteiger partial charge in [0.15, 0.2) is 0 Å². The molecule has 0 atom stereocenters. The third-order valence-electron chi connectivity index (χ3n) is 3.33. The van der Waals surface area contributed by atoms with Gasteiger partial charge in [0.05, 0.1) is 5.69 Å². The lowest BCUT2D eigenvalue weighted by molar-refractivity contribution is 1.15. The molecule has 1 aromatic heterocycles. The van der Waals surface area contributed by atoms with Crippen molar-refractivity contribution in [3.63, 3.8) is 0 Å². The first-order valence-corrected chi connectivity index (χ1v) is 6.75. The van der Waals surface area contributed by atoms with Crippen LogP contribution in [-0.4, -0.2) is 10.9 Å². The molecule has 0 saturated heterocycles. The molecule has 1 aromatic carbocycles. The lowest BCUT2D eigenvalue weighted by Gasteiger charge is -2.14. The maximum atomic E-state index is 5.96.